The van der Waals surface area contributed by atoms with Crippen LogP contribution >= 0.6 is 11.5 Å². The molecule has 10 heteroatoms. The van der Waals surface area contributed by atoms with Gasteiger partial charge in [-0.1, -0.05) is 0 Å². The Bertz CT molecular complexity index is 652. The monoisotopic (exact) mass is 300 g/mol. The molecule has 0 aliphatic carbocycles. The smallest absolute Gasteiger partial charge is 0.266 e. The highest BCUT2D eigenvalue weighted by Gasteiger charge is 2.17. The third-order valence-corrected chi connectivity index (χ3v) is 4.17. The van der Waals surface area contributed by atoms with Gasteiger partial charge in [-0.3, -0.25) is 4.72 Å². The summed E-state index contributed by atoms with van der Waals surface area (Å²) in [6, 6.07) is 0. The lowest BCUT2D eigenvalue weighted by Gasteiger charge is -2.05. The van der Waals surface area contributed by atoms with Crippen molar-refractivity contribution in [2.75, 3.05) is 16.6 Å². The van der Waals surface area contributed by atoms with Crippen LogP contribution in [0.3, 0.4) is 0 Å². The fraction of sp³-hybridized carbons (Fsp3) is 0.333. The van der Waals surface area contributed by atoms with E-state index in [2.05, 4.69) is 29.4 Å². The van der Waals surface area contributed by atoms with Gasteiger partial charge in [-0.05, 0) is 13.8 Å². The molecule has 0 amide bonds. The molecule has 102 valence electrons. The van der Waals surface area contributed by atoms with Crippen molar-refractivity contribution in [3.05, 3.63) is 18.2 Å². The first kappa shape index (κ1) is 13.6. The van der Waals surface area contributed by atoms with Crippen LogP contribution in [0.4, 0.5) is 11.1 Å². The molecule has 0 bridgehead atoms. The minimum absolute atomic E-state index is 0.0259. The summed E-state index contributed by atoms with van der Waals surface area (Å²) in [5, 5.41) is 3.10. The van der Waals surface area contributed by atoms with Gasteiger partial charge >= 0.3 is 0 Å². The minimum Gasteiger partial charge on any atom is -0.355 e. The molecule has 0 atom stereocenters. The second-order valence-corrected chi connectivity index (χ2v) is 5.96. The molecule has 2 rings (SSSR count). The predicted octanol–water partition coefficient (Wildman–Crippen LogP) is 0.869. The van der Waals surface area contributed by atoms with Crippen LogP contribution in [0.25, 0.3) is 0 Å². The number of rotatable bonds is 5. The van der Waals surface area contributed by atoms with E-state index in [4.69, 9.17) is 0 Å². The molecule has 0 radical (unpaired) electrons. The quantitative estimate of drug-likeness (QED) is 0.843. The molecule has 2 N–H and O–H groups in total. The van der Waals surface area contributed by atoms with Crippen molar-refractivity contribution in [2.24, 2.45) is 0 Å². The zero-order valence-electron chi connectivity index (χ0n) is 10.3. The number of hydrogen-bond acceptors (Lipinski definition) is 8. The number of anilines is 2. The summed E-state index contributed by atoms with van der Waals surface area (Å²) in [6.07, 6.45) is 2.47. The molecule has 0 saturated carbocycles. The van der Waals surface area contributed by atoms with Crippen LogP contribution in [0.15, 0.2) is 17.3 Å². The molecule has 8 nitrogen and oxygen atoms in total. The van der Waals surface area contributed by atoms with Gasteiger partial charge in [0.25, 0.3) is 10.0 Å². The summed E-state index contributed by atoms with van der Waals surface area (Å²) >= 11 is 0.978. The lowest BCUT2D eigenvalue weighted by atomic mass is 10.6. The highest BCUT2D eigenvalue weighted by atomic mass is 32.2. The third-order valence-electron chi connectivity index (χ3n) is 2.02. The molecule has 0 unspecified atom stereocenters. The zero-order chi connectivity index (χ0) is 13.9. The number of aryl methyl sites for hydroxylation is 1. The Morgan fingerprint density at radius 2 is 2.00 bits per heavy atom. The topological polar surface area (TPSA) is 110 Å². The summed E-state index contributed by atoms with van der Waals surface area (Å²) in [6.45, 7) is 4.24. The molecule has 0 aliphatic rings. The zero-order valence-corrected chi connectivity index (χ0v) is 11.9. The maximum Gasteiger partial charge on any atom is 0.266 e. The van der Waals surface area contributed by atoms with Gasteiger partial charge in [0, 0.05) is 18.1 Å². The average molecular weight is 300 g/mol. The van der Waals surface area contributed by atoms with Crippen LogP contribution in [0.1, 0.15) is 12.7 Å². The standard InChI is InChI=1S/C9H12N6O2S2/c1-3-10-8-11-4-7(5-12-8)19(16,17)15-9-13-6(2)14-18-9/h4-5H,3H2,1-2H3,(H,10,11,12)(H,13,14,15). The van der Waals surface area contributed by atoms with E-state index in [-0.39, 0.29) is 10.0 Å². The van der Waals surface area contributed by atoms with Crippen molar-refractivity contribution in [1.29, 1.82) is 0 Å². The number of sulfonamides is 1. The summed E-state index contributed by atoms with van der Waals surface area (Å²) < 4.78 is 30.2. The molecular weight excluding hydrogens is 288 g/mol. The first-order chi connectivity index (χ1) is 9.01. The van der Waals surface area contributed by atoms with Crippen molar-refractivity contribution >= 4 is 32.6 Å². The SMILES string of the molecule is CCNc1ncc(S(=O)(=O)Nc2nc(C)ns2)cn1. The normalized spacial score (nSPS) is 11.3. The Morgan fingerprint density at radius 3 is 2.53 bits per heavy atom. The van der Waals surface area contributed by atoms with Crippen molar-refractivity contribution < 1.29 is 8.42 Å². The lowest BCUT2D eigenvalue weighted by molar-refractivity contribution is 0.600. The minimum atomic E-state index is -3.73. The average Bonchev–Trinajstić information content (AvgIpc) is 2.75. The molecule has 0 spiro atoms. The Kier molecular flexibility index (Phi) is 3.90. The molecule has 2 heterocycles. The Morgan fingerprint density at radius 1 is 1.32 bits per heavy atom. The van der Waals surface area contributed by atoms with Crippen molar-refractivity contribution in [3.63, 3.8) is 0 Å². The van der Waals surface area contributed by atoms with E-state index in [0.29, 0.717) is 18.3 Å². The second-order valence-electron chi connectivity index (χ2n) is 3.52. The van der Waals surface area contributed by atoms with Gasteiger partial charge < -0.3 is 5.32 Å². The first-order valence-corrected chi connectivity index (χ1v) is 7.66. The Balaban J connectivity index is 2.19. The highest BCUT2D eigenvalue weighted by molar-refractivity contribution is 7.92. The van der Waals surface area contributed by atoms with Crippen molar-refractivity contribution in [3.8, 4) is 0 Å². The summed E-state index contributed by atoms with van der Waals surface area (Å²) in [7, 11) is -3.73. The lowest BCUT2D eigenvalue weighted by Crippen LogP contribution is -2.14. The van der Waals surface area contributed by atoms with E-state index < -0.39 is 10.0 Å². The number of nitrogens with one attached hydrogen (secondary N) is 2. The molecular formula is C9H12N6O2S2. The van der Waals surface area contributed by atoms with E-state index in [1.165, 1.54) is 12.4 Å². The van der Waals surface area contributed by atoms with Crippen molar-refractivity contribution in [1.82, 2.24) is 19.3 Å². The maximum atomic E-state index is 12.0. The second kappa shape index (κ2) is 5.45. The van der Waals surface area contributed by atoms with Gasteiger partial charge in [-0.25, -0.2) is 23.4 Å². The van der Waals surface area contributed by atoms with Gasteiger partial charge in [0.05, 0.1) is 12.4 Å². The Hall–Kier alpha value is -1.81. The molecule has 0 aliphatic heterocycles. The van der Waals surface area contributed by atoms with Crippen LogP contribution in [0, 0.1) is 6.92 Å². The molecule has 2 aromatic rings. The van der Waals surface area contributed by atoms with Gasteiger partial charge in [-0.15, -0.1) is 0 Å². The first-order valence-electron chi connectivity index (χ1n) is 5.40. The van der Waals surface area contributed by atoms with E-state index >= 15 is 0 Å². The highest BCUT2D eigenvalue weighted by Crippen LogP contribution is 2.16. The molecule has 0 fully saturated rings. The van der Waals surface area contributed by atoms with Gasteiger partial charge in [0.2, 0.25) is 11.1 Å². The van der Waals surface area contributed by atoms with E-state index in [9.17, 15) is 8.42 Å². The third kappa shape index (κ3) is 3.35. The predicted molar refractivity (Wildman–Crippen MR) is 71.7 cm³/mol. The van der Waals surface area contributed by atoms with Gasteiger partial charge in [0.1, 0.15) is 10.7 Å². The van der Waals surface area contributed by atoms with Gasteiger partial charge in [-0.2, -0.15) is 4.37 Å². The van der Waals surface area contributed by atoms with Crippen molar-refractivity contribution in [2.45, 2.75) is 18.7 Å². The summed E-state index contributed by atoms with van der Waals surface area (Å²) in [5.74, 6) is 0.898. The van der Waals surface area contributed by atoms with Crippen LogP contribution in [0.5, 0.6) is 0 Å². The summed E-state index contributed by atoms with van der Waals surface area (Å²) in [4.78, 5) is 11.7. The van der Waals surface area contributed by atoms with Crippen LogP contribution in [0.2, 0.25) is 0 Å². The summed E-state index contributed by atoms with van der Waals surface area (Å²) in [5.41, 5.74) is 0. The fourth-order valence-corrected chi connectivity index (χ4v) is 2.90. The van der Waals surface area contributed by atoms with E-state index in [1.54, 1.807) is 6.92 Å². The fourth-order valence-electron chi connectivity index (χ4n) is 1.22. The van der Waals surface area contributed by atoms with Crippen LogP contribution in [-0.4, -0.2) is 34.3 Å². The molecule has 2 aromatic heterocycles. The molecule has 19 heavy (non-hydrogen) atoms. The van der Waals surface area contributed by atoms with Gasteiger partial charge in [0.15, 0.2) is 0 Å². The van der Waals surface area contributed by atoms with E-state index in [1.807, 2.05) is 6.92 Å². The largest absolute Gasteiger partial charge is 0.355 e. The van der Waals surface area contributed by atoms with Crippen LogP contribution < -0.4 is 10.0 Å². The number of nitrogens with zero attached hydrogens (tertiary/aromatic N) is 4. The number of hydrogen-bond donors (Lipinski definition) is 2. The molecule has 0 saturated heterocycles. The van der Waals surface area contributed by atoms with E-state index in [0.717, 1.165) is 11.5 Å². The number of aromatic nitrogens is 4. The van der Waals surface area contributed by atoms with Crippen LogP contribution in [-0.2, 0) is 10.0 Å². The molecule has 0 aromatic carbocycles. The maximum absolute atomic E-state index is 12.0. The Labute approximate surface area is 114 Å².